The summed E-state index contributed by atoms with van der Waals surface area (Å²) in [4.78, 5) is 22.6. The van der Waals surface area contributed by atoms with Gasteiger partial charge in [0.2, 0.25) is 0 Å². The van der Waals surface area contributed by atoms with Crippen LogP contribution in [0, 0.1) is 0 Å². The SMILES string of the molecule is CNC(=O)Nc1ccc(CNC(=O)OC(C)(C)C)cc1. The third kappa shape index (κ3) is 6.08. The first kappa shape index (κ1) is 15.8. The van der Waals surface area contributed by atoms with Gasteiger partial charge in [-0.05, 0) is 38.5 Å². The van der Waals surface area contributed by atoms with Crippen molar-refractivity contribution < 1.29 is 14.3 Å². The van der Waals surface area contributed by atoms with Gasteiger partial charge in [0.25, 0.3) is 0 Å². The zero-order valence-electron chi connectivity index (χ0n) is 12.2. The molecule has 6 nitrogen and oxygen atoms in total. The summed E-state index contributed by atoms with van der Waals surface area (Å²) in [5.74, 6) is 0. The van der Waals surface area contributed by atoms with Crippen LogP contribution in [0.2, 0.25) is 0 Å². The highest BCUT2D eigenvalue weighted by Gasteiger charge is 2.15. The lowest BCUT2D eigenvalue weighted by Gasteiger charge is -2.19. The first-order valence-corrected chi connectivity index (χ1v) is 6.34. The summed E-state index contributed by atoms with van der Waals surface area (Å²) in [5.41, 5.74) is 1.09. The van der Waals surface area contributed by atoms with Gasteiger partial charge >= 0.3 is 12.1 Å². The zero-order valence-corrected chi connectivity index (χ0v) is 12.2. The van der Waals surface area contributed by atoms with Gasteiger partial charge in [-0.15, -0.1) is 0 Å². The molecule has 0 spiro atoms. The van der Waals surface area contributed by atoms with E-state index in [2.05, 4.69) is 16.0 Å². The van der Waals surface area contributed by atoms with E-state index in [4.69, 9.17) is 4.74 Å². The number of rotatable bonds is 3. The van der Waals surface area contributed by atoms with Gasteiger partial charge in [0.1, 0.15) is 5.60 Å². The summed E-state index contributed by atoms with van der Waals surface area (Å²) in [6, 6.07) is 6.90. The van der Waals surface area contributed by atoms with E-state index in [1.54, 1.807) is 19.2 Å². The molecule has 1 aromatic rings. The third-order valence-corrected chi connectivity index (χ3v) is 2.27. The van der Waals surface area contributed by atoms with Crippen LogP contribution in [0.5, 0.6) is 0 Å². The predicted octanol–water partition coefficient (Wildman–Crippen LogP) is 2.46. The van der Waals surface area contributed by atoms with Gasteiger partial charge in [-0.2, -0.15) is 0 Å². The minimum Gasteiger partial charge on any atom is -0.444 e. The Bertz CT molecular complexity index is 464. The Balaban J connectivity index is 2.46. The van der Waals surface area contributed by atoms with E-state index < -0.39 is 11.7 Å². The van der Waals surface area contributed by atoms with Crippen LogP contribution >= 0.6 is 0 Å². The topological polar surface area (TPSA) is 79.5 Å². The summed E-state index contributed by atoms with van der Waals surface area (Å²) in [7, 11) is 1.55. The van der Waals surface area contributed by atoms with E-state index in [1.165, 1.54) is 0 Å². The van der Waals surface area contributed by atoms with Crippen LogP contribution in [0.25, 0.3) is 0 Å². The lowest BCUT2D eigenvalue weighted by atomic mass is 10.2. The fraction of sp³-hybridized carbons (Fsp3) is 0.429. The number of ether oxygens (including phenoxy) is 1. The van der Waals surface area contributed by atoms with Crippen LogP contribution in [0.4, 0.5) is 15.3 Å². The molecule has 110 valence electrons. The molecule has 0 bridgehead atoms. The Morgan fingerprint density at radius 2 is 1.75 bits per heavy atom. The number of anilines is 1. The van der Waals surface area contributed by atoms with Crippen molar-refractivity contribution in [1.82, 2.24) is 10.6 Å². The van der Waals surface area contributed by atoms with Crippen molar-refractivity contribution >= 4 is 17.8 Å². The maximum absolute atomic E-state index is 11.5. The van der Waals surface area contributed by atoms with Crippen molar-refractivity contribution in [3.63, 3.8) is 0 Å². The van der Waals surface area contributed by atoms with Gasteiger partial charge in [0.15, 0.2) is 0 Å². The fourth-order valence-corrected chi connectivity index (χ4v) is 1.39. The van der Waals surface area contributed by atoms with Crippen LogP contribution in [0.1, 0.15) is 26.3 Å². The molecule has 1 aromatic carbocycles. The Morgan fingerprint density at radius 3 is 2.25 bits per heavy atom. The highest BCUT2D eigenvalue weighted by atomic mass is 16.6. The number of benzene rings is 1. The van der Waals surface area contributed by atoms with Crippen LogP contribution in [0.15, 0.2) is 24.3 Å². The van der Waals surface area contributed by atoms with Crippen molar-refractivity contribution in [2.75, 3.05) is 12.4 Å². The smallest absolute Gasteiger partial charge is 0.407 e. The number of carbonyl (C=O) groups excluding carboxylic acids is 2. The van der Waals surface area contributed by atoms with Crippen LogP contribution in [0.3, 0.4) is 0 Å². The minimum absolute atomic E-state index is 0.273. The van der Waals surface area contributed by atoms with Gasteiger partial charge < -0.3 is 20.7 Å². The van der Waals surface area contributed by atoms with Crippen molar-refractivity contribution in [1.29, 1.82) is 0 Å². The molecule has 1 rings (SSSR count). The first-order valence-electron chi connectivity index (χ1n) is 6.34. The molecule has 0 radical (unpaired) electrons. The number of nitrogens with one attached hydrogen (secondary N) is 3. The quantitative estimate of drug-likeness (QED) is 0.795. The molecule has 0 fully saturated rings. The highest BCUT2D eigenvalue weighted by molar-refractivity contribution is 5.88. The van der Waals surface area contributed by atoms with Crippen molar-refractivity contribution in [3.05, 3.63) is 29.8 Å². The molecule has 20 heavy (non-hydrogen) atoms. The Labute approximate surface area is 118 Å². The average molecular weight is 279 g/mol. The van der Waals surface area contributed by atoms with E-state index in [9.17, 15) is 9.59 Å². The molecule has 6 heteroatoms. The minimum atomic E-state index is -0.509. The van der Waals surface area contributed by atoms with E-state index in [-0.39, 0.29) is 6.03 Å². The molecule has 0 aromatic heterocycles. The van der Waals surface area contributed by atoms with Crippen molar-refractivity contribution in [2.45, 2.75) is 32.9 Å². The number of hydrogen-bond donors (Lipinski definition) is 3. The van der Waals surface area contributed by atoms with Gasteiger partial charge in [0.05, 0.1) is 0 Å². The van der Waals surface area contributed by atoms with Crippen LogP contribution < -0.4 is 16.0 Å². The van der Waals surface area contributed by atoms with Crippen LogP contribution in [-0.2, 0) is 11.3 Å². The average Bonchev–Trinajstić information content (AvgIpc) is 2.36. The second-order valence-electron chi connectivity index (χ2n) is 5.26. The van der Waals surface area contributed by atoms with Gasteiger partial charge in [-0.1, -0.05) is 12.1 Å². The molecular formula is C14H21N3O3. The van der Waals surface area contributed by atoms with E-state index >= 15 is 0 Å². The summed E-state index contributed by atoms with van der Waals surface area (Å²) in [5, 5.41) is 7.78. The largest absolute Gasteiger partial charge is 0.444 e. The molecule has 0 saturated carbocycles. The number of alkyl carbamates (subject to hydrolysis) is 1. The van der Waals surface area contributed by atoms with Crippen molar-refractivity contribution in [3.8, 4) is 0 Å². The van der Waals surface area contributed by atoms with Crippen molar-refractivity contribution in [2.24, 2.45) is 0 Å². The lowest BCUT2D eigenvalue weighted by Crippen LogP contribution is -2.32. The standard InChI is InChI=1S/C14H21N3O3/c1-14(2,3)20-13(19)16-9-10-5-7-11(8-6-10)17-12(18)15-4/h5-8H,9H2,1-4H3,(H,16,19)(H2,15,17,18). The molecule has 0 saturated heterocycles. The molecule has 3 amide bonds. The summed E-state index contributed by atoms with van der Waals surface area (Å²) >= 11 is 0. The number of carbonyl (C=O) groups is 2. The zero-order chi connectivity index (χ0) is 15.2. The molecule has 0 aliphatic heterocycles. The summed E-state index contributed by atoms with van der Waals surface area (Å²) in [6.45, 7) is 5.80. The maximum atomic E-state index is 11.5. The van der Waals surface area contributed by atoms with Gasteiger partial charge in [-0.3, -0.25) is 0 Å². The first-order chi connectivity index (χ1) is 9.30. The van der Waals surface area contributed by atoms with Gasteiger partial charge in [0, 0.05) is 19.3 Å². The van der Waals surface area contributed by atoms with E-state index in [1.807, 2.05) is 32.9 Å². The number of hydrogen-bond acceptors (Lipinski definition) is 3. The lowest BCUT2D eigenvalue weighted by molar-refractivity contribution is 0.0523. The number of urea groups is 1. The Kier molecular flexibility index (Phi) is 5.37. The number of amides is 3. The molecular weight excluding hydrogens is 258 g/mol. The predicted molar refractivity (Wildman–Crippen MR) is 77.6 cm³/mol. The highest BCUT2D eigenvalue weighted by Crippen LogP contribution is 2.10. The summed E-state index contributed by atoms with van der Waals surface area (Å²) < 4.78 is 5.14. The second-order valence-corrected chi connectivity index (χ2v) is 5.26. The fourth-order valence-electron chi connectivity index (χ4n) is 1.39. The molecule has 0 heterocycles. The Hall–Kier alpha value is -2.24. The maximum Gasteiger partial charge on any atom is 0.407 e. The molecule has 0 aliphatic carbocycles. The normalized spacial score (nSPS) is 10.6. The molecule has 0 aliphatic rings. The summed E-state index contributed by atoms with van der Waals surface area (Å²) in [6.07, 6.45) is -0.454. The van der Waals surface area contributed by atoms with Gasteiger partial charge in [-0.25, -0.2) is 9.59 Å². The van der Waals surface area contributed by atoms with Crippen LogP contribution in [-0.4, -0.2) is 24.8 Å². The van der Waals surface area contributed by atoms with E-state index in [0.29, 0.717) is 12.2 Å². The third-order valence-electron chi connectivity index (χ3n) is 2.27. The molecule has 0 unspecified atom stereocenters. The monoisotopic (exact) mass is 279 g/mol. The second kappa shape index (κ2) is 6.79. The molecule has 0 atom stereocenters. The molecule has 3 N–H and O–H groups in total. The Morgan fingerprint density at radius 1 is 1.15 bits per heavy atom. The van der Waals surface area contributed by atoms with E-state index in [0.717, 1.165) is 5.56 Å².